The van der Waals surface area contributed by atoms with E-state index in [0.717, 1.165) is 12.0 Å². The fourth-order valence-corrected chi connectivity index (χ4v) is 3.27. The van der Waals surface area contributed by atoms with Gasteiger partial charge < -0.3 is 5.32 Å². The summed E-state index contributed by atoms with van der Waals surface area (Å²) >= 11 is 0. The van der Waals surface area contributed by atoms with Gasteiger partial charge in [0.25, 0.3) is 0 Å². The molecule has 1 rings (SSSR count). The molecule has 1 aliphatic carbocycles. The topological polar surface area (TPSA) is 12.0 Å². The molecule has 1 heteroatoms. The first-order valence-corrected chi connectivity index (χ1v) is 7.20. The van der Waals surface area contributed by atoms with Crippen molar-refractivity contribution in [2.75, 3.05) is 0 Å². The van der Waals surface area contributed by atoms with Crippen molar-refractivity contribution in [2.45, 2.75) is 85.2 Å². The van der Waals surface area contributed by atoms with Gasteiger partial charge >= 0.3 is 0 Å². The molecule has 0 saturated heterocycles. The van der Waals surface area contributed by atoms with E-state index in [1.807, 2.05) is 0 Å². The maximum atomic E-state index is 3.84. The molecular weight excluding hydrogens is 194 g/mol. The maximum Gasteiger partial charge on any atom is 0.0100 e. The molecule has 0 radical (unpaired) electrons. The normalized spacial score (nSPS) is 30.6. The molecule has 1 fully saturated rings. The lowest BCUT2D eigenvalue weighted by Gasteiger charge is -2.23. The molecule has 1 saturated carbocycles. The second kappa shape index (κ2) is 6.05. The van der Waals surface area contributed by atoms with E-state index >= 15 is 0 Å². The zero-order chi connectivity index (χ0) is 12.2. The standard InChI is InChI=1S/C15H31N/c1-6-7-8-9-13(3)16-14-11-15(4,5)10-12(14)2/h12-14,16H,6-11H2,1-5H3. The fraction of sp³-hybridized carbons (Fsp3) is 1.00. The third-order valence-corrected chi connectivity index (χ3v) is 4.07. The zero-order valence-corrected chi connectivity index (χ0v) is 12.0. The van der Waals surface area contributed by atoms with Gasteiger partial charge in [-0.25, -0.2) is 0 Å². The van der Waals surface area contributed by atoms with Crippen molar-refractivity contribution in [3.63, 3.8) is 0 Å². The van der Waals surface area contributed by atoms with Crippen molar-refractivity contribution in [1.82, 2.24) is 5.32 Å². The molecule has 0 aromatic rings. The molecule has 0 spiro atoms. The Kier molecular flexibility index (Phi) is 5.30. The van der Waals surface area contributed by atoms with Gasteiger partial charge in [-0.1, -0.05) is 47.0 Å². The third kappa shape index (κ3) is 4.45. The van der Waals surface area contributed by atoms with Crippen molar-refractivity contribution >= 4 is 0 Å². The highest BCUT2D eigenvalue weighted by Gasteiger charge is 2.36. The third-order valence-electron chi connectivity index (χ3n) is 4.07. The van der Waals surface area contributed by atoms with Crippen LogP contribution in [0.5, 0.6) is 0 Å². The van der Waals surface area contributed by atoms with E-state index in [1.165, 1.54) is 38.5 Å². The first kappa shape index (κ1) is 14.0. The van der Waals surface area contributed by atoms with Crippen LogP contribution in [-0.2, 0) is 0 Å². The Morgan fingerprint density at radius 1 is 1.25 bits per heavy atom. The first-order valence-electron chi connectivity index (χ1n) is 7.20. The monoisotopic (exact) mass is 225 g/mol. The van der Waals surface area contributed by atoms with Gasteiger partial charge in [0, 0.05) is 12.1 Å². The summed E-state index contributed by atoms with van der Waals surface area (Å²) in [4.78, 5) is 0. The lowest BCUT2D eigenvalue weighted by atomic mass is 9.91. The molecule has 0 aliphatic heterocycles. The van der Waals surface area contributed by atoms with Gasteiger partial charge in [-0.2, -0.15) is 0 Å². The summed E-state index contributed by atoms with van der Waals surface area (Å²) < 4.78 is 0. The summed E-state index contributed by atoms with van der Waals surface area (Å²) in [7, 11) is 0. The lowest BCUT2D eigenvalue weighted by molar-refractivity contribution is 0.348. The molecule has 1 N–H and O–H groups in total. The van der Waals surface area contributed by atoms with Crippen molar-refractivity contribution in [2.24, 2.45) is 11.3 Å². The van der Waals surface area contributed by atoms with E-state index in [2.05, 4.69) is 39.9 Å². The molecule has 3 atom stereocenters. The quantitative estimate of drug-likeness (QED) is 0.662. The largest absolute Gasteiger partial charge is 0.311 e. The summed E-state index contributed by atoms with van der Waals surface area (Å²) in [5.74, 6) is 0.851. The first-order chi connectivity index (χ1) is 7.44. The number of nitrogens with one attached hydrogen (secondary N) is 1. The van der Waals surface area contributed by atoms with E-state index in [4.69, 9.17) is 0 Å². The fourth-order valence-electron chi connectivity index (χ4n) is 3.27. The number of unbranched alkanes of at least 4 members (excludes halogenated alkanes) is 2. The highest BCUT2D eigenvalue weighted by Crippen LogP contribution is 2.41. The zero-order valence-electron chi connectivity index (χ0n) is 12.0. The molecule has 0 heterocycles. The van der Waals surface area contributed by atoms with Crippen LogP contribution in [0.2, 0.25) is 0 Å². The molecule has 0 bridgehead atoms. The minimum Gasteiger partial charge on any atom is -0.311 e. The molecule has 96 valence electrons. The van der Waals surface area contributed by atoms with Crippen LogP contribution in [0.15, 0.2) is 0 Å². The van der Waals surface area contributed by atoms with E-state index in [1.54, 1.807) is 0 Å². The van der Waals surface area contributed by atoms with Gasteiger partial charge in [0.15, 0.2) is 0 Å². The molecule has 0 aromatic heterocycles. The minimum absolute atomic E-state index is 0.556. The molecular formula is C15H31N. The van der Waals surface area contributed by atoms with E-state index in [-0.39, 0.29) is 0 Å². The van der Waals surface area contributed by atoms with E-state index < -0.39 is 0 Å². The van der Waals surface area contributed by atoms with Crippen LogP contribution in [0.3, 0.4) is 0 Å². The SMILES string of the molecule is CCCCCC(C)NC1CC(C)(C)CC1C. The summed E-state index contributed by atoms with van der Waals surface area (Å²) in [6, 6.07) is 1.46. The number of rotatable bonds is 6. The van der Waals surface area contributed by atoms with Crippen molar-refractivity contribution in [1.29, 1.82) is 0 Å². The van der Waals surface area contributed by atoms with Gasteiger partial charge in [0.05, 0.1) is 0 Å². The average Bonchev–Trinajstić information content (AvgIpc) is 2.40. The summed E-state index contributed by atoms with van der Waals surface area (Å²) in [5.41, 5.74) is 0.556. The highest BCUT2D eigenvalue weighted by atomic mass is 15.0. The Morgan fingerprint density at radius 2 is 1.94 bits per heavy atom. The Balaban J connectivity index is 2.26. The van der Waals surface area contributed by atoms with Crippen LogP contribution in [0, 0.1) is 11.3 Å². The van der Waals surface area contributed by atoms with Crippen LogP contribution in [0.1, 0.15) is 73.1 Å². The predicted octanol–water partition coefficient (Wildman–Crippen LogP) is 4.37. The Labute approximate surface area is 102 Å². The molecule has 1 aliphatic rings. The van der Waals surface area contributed by atoms with Gasteiger partial charge in [-0.05, 0) is 37.5 Å². The van der Waals surface area contributed by atoms with E-state index in [0.29, 0.717) is 11.5 Å². The second-order valence-corrected chi connectivity index (χ2v) is 6.72. The van der Waals surface area contributed by atoms with Crippen LogP contribution >= 0.6 is 0 Å². The molecule has 16 heavy (non-hydrogen) atoms. The lowest BCUT2D eigenvalue weighted by Crippen LogP contribution is -2.38. The summed E-state index contributed by atoms with van der Waals surface area (Å²) in [6.45, 7) is 11.9. The van der Waals surface area contributed by atoms with Gasteiger partial charge in [-0.15, -0.1) is 0 Å². The van der Waals surface area contributed by atoms with Gasteiger partial charge in [0.2, 0.25) is 0 Å². The van der Waals surface area contributed by atoms with Crippen LogP contribution in [-0.4, -0.2) is 12.1 Å². The van der Waals surface area contributed by atoms with Crippen molar-refractivity contribution in [3.8, 4) is 0 Å². The average molecular weight is 225 g/mol. The predicted molar refractivity (Wildman–Crippen MR) is 72.7 cm³/mol. The Morgan fingerprint density at radius 3 is 2.44 bits per heavy atom. The van der Waals surface area contributed by atoms with Gasteiger partial charge in [-0.3, -0.25) is 0 Å². The van der Waals surface area contributed by atoms with Crippen molar-refractivity contribution in [3.05, 3.63) is 0 Å². The molecule has 0 amide bonds. The van der Waals surface area contributed by atoms with Crippen LogP contribution in [0.4, 0.5) is 0 Å². The second-order valence-electron chi connectivity index (χ2n) is 6.72. The highest BCUT2D eigenvalue weighted by molar-refractivity contribution is 4.92. The molecule has 0 aromatic carbocycles. The number of hydrogen-bond acceptors (Lipinski definition) is 1. The minimum atomic E-state index is 0.556. The van der Waals surface area contributed by atoms with Crippen molar-refractivity contribution < 1.29 is 0 Å². The van der Waals surface area contributed by atoms with Crippen LogP contribution in [0.25, 0.3) is 0 Å². The summed E-state index contributed by atoms with van der Waals surface area (Å²) in [5, 5.41) is 3.84. The number of hydrogen-bond donors (Lipinski definition) is 1. The van der Waals surface area contributed by atoms with E-state index in [9.17, 15) is 0 Å². The van der Waals surface area contributed by atoms with Gasteiger partial charge in [0.1, 0.15) is 0 Å². The summed E-state index contributed by atoms with van der Waals surface area (Å²) in [6.07, 6.45) is 8.18. The Bertz CT molecular complexity index is 198. The Hall–Kier alpha value is -0.0400. The van der Waals surface area contributed by atoms with Crippen LogP contribution < -0.4 is 5.32 Å². The molecule has 1 nitrogen and oxygen atoms in total. The maximum absolute atomic E-state index is 3.84. The smallest absolute Gasteiger partial charge is 0.0100 e. The molecule has 3 unspecified atom stereocenters.